The zero-order chi connectivity index (χ0) is 20.8. The van der Waals surface area contributed by atoms with Gasteiger partial charge in [0.15, 0.2) is 0 Å². The third kappa shape index (κ3) is 5.21. The number of benzene rings is 2. The van der Waals surface area contributed by atoms with Crippen LogP contribution in [0.5, 0.6) is 0 Å². The molecule has 0 amide bonds. The maximum atomic E-state index is 11.2. The number of esters is 1. The Labute approximate surface area is 176 Å². The Bertz CT molecular complexity index is 1000. The fourth-order valence-electron chi connectivity index (χ4n) is 3.64. The van der Waals surface area contributed by atoms with Crippen LogP contribution in [0.3, 0.4) is 0 Å². The van der Waals surface area contributed by atoms with Crippen LogP contribution in [0.4, 0.5) is 0 Å². The highest BCUT2D eigenvalue weighted by Gasteiger charge is 2.12. The number of rotatable bonds is 7. The second kappa shape index (κ2) is 9.50. The Hall–Kier alpha value is -3.25. The van der Waals surface area contributed by atoms with E-state index in [1.54, 1.807) is 6.08 Å². The first-order valence-electron chi connectivity index (χ1n) is 10.3. The Balaban J connectivity index is 1.36. The van der Waals surface area contributed by atoms with Crippen LogP contribution in [0, 0.1) is 0 Å². The molecule has 0 atom stereocenters. The second-order valence-electron chi connectivity index (χ2n) is 7.58. The summed E-state index contributed by atoms with van der Waals surface area (Å²) in [6.45, 7) is 4.08. The maximum Gasteiger partial charge on any atom is 0.330 e. The molecule has 0 unspecified atom stereocenters. The molecule has 1 fully saturated rings. The van der Waals surface area contributed by atoms with E-state index in [0.29, 0.717) is 6.54 Å². The van der Waals surface area contributed by atoms with Gasteiger partial charge in [-0.25, -0.2) is 9.48 Å². The van der Waals surface area contributed by atoms with Gasteiger partial charge in [-0.3, -0.25) is 4.90 Å². The van der Waals surface area contributed by atoms with Gasteiger partial charge in [-0.2, -0.15) is 0 Å². The number of nitrogens with zero attached hydrogens (tertiary/aromatic N) is 4. The van der Waals surface area contributed by atoms with Crippen LogP contribution >= 0.6 is 0 Å². The van der Waals surface area contributed by atoms with E-state index in [0.717, 1.165) is 28.9 Å². The van der Waals surface area contributed by atoms with Crippen molar-refractivity contribution in [3.8, 4) is 11.3 Å². The second-order valence-corrected chi connectivity index (χ2v) is 7.58. The van der Waals surface area contributed by atoms with E-state index in [9.17, 15) is 4.79 Å². The summed E-state index contributed by atoms with van der Waals surface area (Å²) in [5.74, 6) is -0.363. The Morgan fingerprint density at radius 3 is 2.37 bits per heavy atom. The van der Waals surface area contributed by atoms with Crippen LogP contribution in [-0.2, 0) is 22.6 Å². The quantitative estimate of drug-likeness (QED) is 0.445. The van der Waals surface area contributed by atoms with Crippen molar-refractivity contribution in [2.75, 3.05) is 20.2 Å². The molecular formula is C24H26N4O2. The summed E-state index contributed by atoms with van der Waals surface area (Å²) in [4.78, 5) is 13.7. The van der Waals surface area contributed by atoms with E-state index >= 15 is 0 Å². The van der Waals surface area contributed by atoms with Crippen LogP contribution in [0.25, 0.3) is 17.3 Å². The van der Waals surface area contributed by atoms with E-state index in [1.165, 1.54) is 44.7 Å². The lowest BCUT2D eigenvalue weighted by molar-refractivity contribution is -0.134. The lowest BCUT2D eigenvalue weighted by atomic mass is 10.1. The van der Waals surface area contributed by atoms with E-state index in [4.69, 9.17) is 0 Å². The van der Waals surface area contributed by atoms with Gasteiger partial charge in [0.05, 0.1) is 19.9 Å². The van der Waals surface area contributed by atoms with Crippen molar-refractivity contribution in [1.29, 1.82) is 0 Å². The predicted molar refractivity (Wildman–Crippen MR) is 117 cm³/mol. The van der Waals surface area contributed by atoms with Crippen molar-refractivity contribution in [3.05, 3.63) is 77.5 Å². The van der Waals surface area contributed by atoms with Crippen LogP contribution in [0.15, 0.2) is 60.8 Å². The van der Waals surface area contributed by atoms with Crippen LogP contribution in [0.1, 0.15) is 29.5 Å². The predicted octanol–water partition coefficient (Wildman–Crippen LogP) is 3.78. The first-order valence-corrected chi connectivity index (χ1v) is 10.3. The summed E-state index contributed by atoms with van der Waals surface area (Å²) < 4.78 is 6.44. The molecule has 1 saturated heterocycles. The lowest BCUT2D eigenvalue weighted by Gasteiger charge is -2.14. The number of ether oxygens (including phenoxy) is 1. The molecule has 1 aliphatic heterocycles. The van der Waals surface area contributed by atoms with Gasteiger partial charge in [0.2, 0.25) is 0 Å². The standard InChI is InChI=1S/C24H26N4O2/c1-30-24(29)13-10-19-4-6-21(7-5-19)17-28-18-23(25-26-28)22-11-8-20(9-12-22)16-27-14-2-3-15-27/h4-13,18H,2-3,14-17H2,1H3/b13-10+. The zero-order valence-corrected chi connectivity index (χ0v) is 17.2. The summed E-state index contributed by atoms with van der Waals surface area (Å²) in [6.07, 6.45) is 7.74. The topological polar surface area (TPSA) is 60.2 Å². The highest BCUT2D eigenvalue weighted by atomic mass is 16.5. The van der Waals surface area contributed by atoms with Crippen molar-refractivity contribution in [1.82, 2.24) is 19.9 Å². The molecule has 0 spiro atoms. The van der Waals surface area contributed by atoms with Crippen molar-refractivity contribution >= 4 is 12.0 Å². The van der Waals surface area contributed by atoms with Gasteiger partial charge < -0.3 is 4.74 Å². The number of methoxy groups -OCH3 is 1. The monoisotopic (exact) mass is 402 g/mol. The smallest absolute Gasteiger partial charge is 0.330 e. The van der Waals surface area contributed by atoms with Crippen LogP contribution < -0.4 is 0 Å². The Morgan fingerprint density at radius 2 is 1.67 bits per heavy atom. The summed E-state index contributed by atoms with van der Waals surface area (Å²) in [6, 6.07) is 16.6. The van der Waals surface area contributed by atoms with Gasteiger partial charge in [0.25, 0.3) is 0 Å². The molecule has 0 aliphatic carbocycles. The SMILES string of the molecule is COC(=O)/C=C/c1ccc(Cn2cc(-c3ccc(CN4CCCC4)cc3)nn2)cc1. The maximum absolute atomic E-state index is 11.2. The minimum Gasteiger partial charge on any atom is -0.466 e. The van der Waals surface area contributed by atoms with Gasteiger partial charge in [0.1, 0.15) is 5.69 Å². The van der Waals surface area contributed by atoms with E-state index < -0.39 is 0 Å². The molecule has 4 rings (SSSR count). The van der Waals surface area contributed by atoms with Gasteiger partial charge in [-0.1, -0.05) is 53.7 Å². The van der Waals surface area contributed by atoms with Crippen LogP contribution in [-0.4, -0.2) is 46.1 Å². The van der Waals surface area contributed by atoms with Gasteiger partial charge in [-0.05, 0) is 48.7 Å². The minimum atomic E-state index is -0.363. The zero-order valence-electron chi connectivity index (χ0n) is 17.2. The minimum absolute atomic E-state index is 0.363. The molecule has 1 aromatic heterocycles. The van der Waals surface area contributed by atoms with Crippen molar-refractivity contribution < 1.29 is 9.53 Å². The third-order valence-corrected chi connectivity index (χ3v) is 5.33. The number of carbonyl (C=O) groups is 1. The molecule has 3 aromatic rings. The molecule has 6 heteroatoms. The lowest BCUT2D eigenvalue weighted by Crippen LogP contribution is -2.18. The molecule has 30 heavy (non-hydrogen) atoms. The average Bonchev–Trinajstić information content (AvgIpc) is 3.46. The molecule has 1 aliphatic rings. The average molecular weight is 402 g/mol. The normalized spacial score (nSPS) is 14.4. The highest BCUT2D eigenvalue weighted by molar-refractivity contribution is 5.86. The molecule has 0 N–H and O–H groups in total. The molecule has 2 heterocycles. The Morgan fingerprint density at radius 1 is 1.00 bits per heavy atom. The van der Waals surface area contributed by atoms with Crippen molar-refractivity contribution in [3.63, 3.8) is 0 Å². The molecule has 6 nitrogen and oxygen atoms in total. The number of hydrogen-bond acceptors (Lipinski definition) is 5. The van der Waals surface area contributed by atoms with E-state index in [-0.39, 0.29) is 5.97 Å². The molecular weight excluding hydrogens is 376 g/mol. The first kappa shape index (κ1) is 20.0. The number of carbonyl (C=O) groups excluding carboxylic acids is 1. The molecule has 0 radical (unpaired) electrons. The number of likely N-dealkylation sites (tertiary alicyclic amines) is 1. The van der Waals surface area contributed by atoms with Gasteiger partial charge in [-0.15, -0.1) is 5.10 Å². The van der Waals surface area contributed by atoms with Gasteiger partial charge in [0, 0.05) is 18.2 Å². The van der Waals surface area contributed by atoms with Crippen molar-refractivity contribution in [2.24, 2.45) is 0 Å². The summed E-state index contributed by atoms with van der Waals surface area (Å²) in [5.41, 5.74) is 5.35. The summed E-state index contributed by atoms with van der Waals surface area (Å²) >= 11 is 0. The fraction of sp³-hybridized carbons (Fsp3) is 0.292. The van der Waals surface area contributed by atoms with E-state index in [1.807, 2.05) is 35.1 Å². The number of hydrogen-bond donors (Lipinski definition) is 0. The number of aromatic nitrogens is 3. The Kier molecular flexibility index (Phi) is 6.35. The molecule has 154 valence electrons. The highest BCUT2D eigenvalue weighted by Crippen LogP contribution is 2.19. The first-order chi connectivity index (χ1) is 14.7. The summed E-state index contributed by atoms with van der Waals surface area (Å²) in [5, 5.41) is 8.60. The molecule has 2 aromatic carbocycles. The van der Waals surface area contributed by atoms with E-state index in [2.05, 4.69) is 44.2 Å². The summed E-state index contributed by atoms with van der Waals surface area (Å²) in [7, 11) is 1.37. The largest absolute Gasteiger partial charge is 0.466 e. The van der Waals surface area contributed by atoms with Gasteiger partial charge >= 0.3 is 5.97 Å². The third-order valence-electron chi connectivity index (χ3n) is 5.33. The molecule has 0 saturated carbocycles. The molecule has 0 bridgehead atoms. The van der Waals surface area contributed by atoms with Crippen molar-refractivity contribution in [2.45, 2.75) is 25.9 Å². The van der Waals surface area contributed by atoms with Crippen LogP contribution in [0.2, 0.25) is 0 Å². The fourth-order valence-corrected chi connectivity index (χ4v) is 3.64.